The Bertz CT molecular complexity index is 1030. The molecule has 0 aliphatic heterocycles. The second-order valence-corrected chi connectivity index (χ2v) is 7.65. The summed E-state index contributed by atoms with van der Waals surface area (Å²) in [5, 5.41) is 6.49. The Hall–Kier alpha value is -3.13. The molecular formula is C18H18N4O3S. The predicted octanol–water partition coefficient (Wildman–Crippen LogP) is 2.64. The van der Waals surface area contributed by atoms with Crippen LogP contribution in [0.25, 0.3) is 0 Å². The van der Waals surface area contributed by atoms with E-state index in [2.05, 4.69) is 10.2 Å². The summed E-state index contributed by atoms with van der Waals surface area (Å²) in [7, 11) is -3.83. The van der Waals surface area contributed by atoms with Gasteiger partial charge in [0, 0.05) is 11.8 Å². The van der Waals surface area contributed by atoms with E-state index in [9.17, 15) is 13.2 Å². The minimum absolute atomic E-state index is 0.0246. The van der Waals surface area contributed by atoms with Gasteiger partial charge >= 0.3 is 6.03 Å². The molecule has 2 amide bonds. The molecule has 0 saturated carbocycles. The van der Waals surface area contributed by atoms with Crippen molar-refractivity contribution in [3.8, 4) is 0 Å². The van der Waals surface area contributed by atoms with Gasteiger partial charge in [0.1, 0.15) is 0 Å². The third-order valence-electron chi connectivity index (χ3n) is 3.99. The number of para-hydroxylation sites is 1. The molecular weight excluding hydrogens is 352 g/mol. The lowest BCUT2D eigenvalue weighted by atomic mass is 10.2. The number of carbonyl (C=O) groups is 1. The van der Waals surface area contributed by atoms with E-state index < -0.39 is 15.9 Å². The van der Waals surface area contributed by atoms with Crippen LogP contribution in [0.5, 0.6) is 0 Å². The quantitative estimate of drug-likeness (QED) is 0.719. The fourth-order valence-corrected chi connectivity index (χ4v) is 4.41. The number of nitrogens with zero attached hydrogens (tertiary/aromatic N) is 2. The maximum absolute atomic E-state index is 13.2. The van der Waals surface area contributed by atoms with Crippen molar-refractivity contribution in [2.24, 2.45) is 5.73 Å². The number of nitrogens with one attached hydrogen (secondary N) is 1. The molecule has 0 atom stereocenters. The van der Waals surface area contributed by atoms with E-state index >= 15 is 0 Å². The number of aryl methyl sites for hydroxylation is 1. The van der Waals surface area contributed by atoms with Crippen LogP contribution in [0, 0.1) is 6.92 Å². The normalized spacial score (nSPS) is 11.3. The summed E-state index contributed by atoms with van der Waals surface area (Å²) >= 11 is 0. The number of aromatic nitrogens is 2. The molecule has 0 aliphatic rings. The van der Waals surface area contributed by atoms with Crippen LogP contribution in [-0.2, 0) is 16.4 Å². The van der Waals surface area contributed by atoms with Crippen molar-refractivity contribution in [2.45, 2.75) is 23.3 Å². The van der Waals surface area contributed by atoms with Crippen molar-refractivity contribution in [3.63, 3.8) is 0 Å². The molecule has 26 heavy (non-hydrogen) atoms. The third kappa shape index (κ3) is 3.31. The lowest BCUT2D eigenvalue weighted by Gasteiger charge is -2.23. The zero-order chi connectivity index (χ0) is 18.7. The molecule has 0 radical (unpaired) electrons. The topological polar surface area (TPSA) is 109 Å². The van der Waals surface area contributed by atoms with Crippen molar-refractivity contribution >= 4 is 21.6 Å². The van der Waals surface area contributed by atoms with Gasteiger partial charge in [-0.3, -0.25) is 10.00 Å². The summed E-state index contributed by atoms with van der Waals surface area (Å²) in [5.74, 6) is 0. The number of primary amides is 1. The van der Waals surface area contributed by atoms with E-state index in [1.807, 2.05) is 0 Å². The molecule has 0 bridgehead atoms. The standard InChI is InChI=1S/C18H18N4O3S/c1-13-6-2-4-8-16(13)26(24,25)17-9-5-3-7-15(17)22(18(19)23)12-14-10-20-21-11-14/h2-11H,12H2,1H3,(H2,19,23)(H,20,21). The molecule has 0 fully saturated rings. The minimum Gasteiger partial charge on any atom is -0.351 e. The van der Waals surface area contributed by atoms with E-state index in [0.717, 1.165) is 0 Å². The van der Waals surface area contributed by atoms with Crippen LogP contribution in [0.4, 0.5) is 10.5 Å². The summed E-state index contributed by atoms with van der Waals surface area (Å²) in [5.41, 5.74) is 7.08. The molecule has 0 spiro atoms. The van der Waals surface area contributed by atoms with E-state index in [0.29, 0.717) is 11.1 Å². The SMILES string of the molecule is Cc1ccccc1S(=O)(=O)c1ccccc1N(Cc1cn[nH]c1)C(N)=O. The molecule has 0 unspecified atom stereocenters. The van der Waals surface area contributed by atoms with Gasteiger partial charge in [-0.25, -0.2) is 13.2 Å². The van der Waals surface area contributed by atoms with Crippen LogP contribution in [0.2, 0.25) is 0 Å². The molecule has 1 aromatic heterocycles. The van der Waals surface area contributed by atoms with Crippen molar-refractivity contribution in [2.75, 3.05) is 4.90 Å². The first-order valence-corrected chi connectivity index (χ1v) is 9.34. The molecule has 0 saturated heterocycles. The highest BCUT2D eigenvalue weighted by molar-refractivity contribution is 7.91. The van der Waals surface area contributed by atoms with Crippen molar-refractivity contribution in [1.82, 2.24) is 10.2 Å². The number of urea groups is 1. The van der Waals surface area contributed by atoms with E-state index in [-0.39, 0.29) is 22.0 Å². The van der Waals surface area contributed by atoms with Gasteiger partial charge in [0.15, 0.2) is 0 Å². The molecule has 3 N–H and O–H groups in total. The van der Waals surface area contributed by atoms with Crippen molar-refractivity contribution in [3.05, 3.63) is 72.1 Å². The van der Waals surface area contributed by atoms with Gasteiger partial charge in [0.05, 0.1) is 28.2 Å². The monoisotopic (exact) mass is 370 g/mol. The molecule has 7 nitrogen and oxygen atoms in total. The molecule has 3 rings (SSSR count). The number of benzene rings is 2. The Morgan fingerprint density at radius 1 is 1.12 bits per heavy atom. The van der Waals surface area contributed by atoms with E-state index in [4.69, 9.17) is 5.73 Å². The molecule has 8 heteroatoms. The van der Waals surface area contributed by atoms with Gasteiger partial charge < -0.3 is 5.73 Å². The lowest BCUT2D eigenvalue weighted by molar-refractivity contribution is 0.253. The van der Waals surface area contributed by atoms with Crippen LogP contribution in [-0.4, -0.2) is 24.6 Å². The molecule has 1 heterocycles. The van der Waals surface area contributed by atoms with Crippen LogP contribution < -0.4 is 10.6 Å². The summed E-state index contributed by atoms with van der Waals surface area (Å²) < 4.78 is 26.4. The molecule has 2 aromatic carbocycles. The second kappa shape index (κ2) is 7.01. The smallest absolute Gasteiger partial charge is 0.319 e. The maximum Gasteiger partial charge on any atom is 0.319 e. The Kier molecular flexibility index (Phi) is 4.77. The van der Waals surface area contributed by atoms with Gasteiger partial charge in [0.25, 0.3) is 0 Å². The minimum atomic E-state index is -3.83. The fraction of sp³-hybridized carbons (Fsp3) is 0.111. The largest absolute Gasteiger partial charge is 0.351 e. The summed E-state index contributed by atoms with van der Waals surface area (Å²) in [6, 6.07) is 12.3. The van der Waals surface area contributed by atoms with Crippen molar-refractivity contribution < 1.29 is 13.2 Å². The fourth-order valence-electron chi connectivity index (χ4n) is 2.71. The Morgan fingerprint density at radius 3 is 2.38 bits per heavy atom. The average molecular weight is 370 g/mol. The van der Waals surface area contributed by atoms with Gasteiger partial charge in [-0.2, -0.15) is 5.10 Å². The van der Waals surface area contributed by atoms with Crippen LogP contribution >= 0.6 is 0 Å². The van der Waals surface area contributed by atoms with E-state index in [1.54, 1.807) is 61.8 Å². The number of aromatic amines is 1. The number of sulfone groups is 1. The number of hydrogen-bond acceptors (Lipinski definition) is 4. The van der Waals surface area contributed by atoms with Gasteiger partial charge in [-0.05, 0) is 30.7 Å². The third-order valence-corrected chi connectivity index (χ3v) is 5.95. The number of hydrogen-bond donors (Lipinski definition) is 2. The summed E-state index contributed by atoms with van der Waals surface area (Å²) in [4.78, 5) is 13.5. The highest BCUT2D eigenvalue weighted by atomic mass is 32.2. The van der Waals surface area contributed by atoms with E-state index in [1.165, 1.54) is 11.0 Å². The summed E-state index contributed by atoms with van der Waals surface area (Å²) in [6.07, 6.45) is 3.17. The van der Waals surface area contributed by atoms with Crippen molar-refractivity contribution in [1.29, 1.82) is 0 Å². The number of rotatable bonds is 5. The zero-order valence-electron chi connectivity index (χ0n) is 14.1. The number of nitrogens with two attached hydrogens (primary N) is 1. The summed E-state index contributed by atoms with van der Waals surface area (Å²) in [6.45, 7) is 1.83. The zero-order valence-corrected chi connectivity index (χ0v) is 14.9. The number of anilines is 1. The van der Waals surface area contributed by atoms with Crippen LogP contribution in [0.3, 0.4) is 0 Å². The maximum atomic E-state index is 13.2. The van der Waals surface area contributed by atoms with Gasteiger partial charge in [-0.1, -0.05) is 30.3 Å². The lowest BCUT2D eigenvalue weighted by Crippen LogP contribution is -2.36. The van der Waals surface area contributed by atoms with Gasteiger partial charge in [0.2, 0.25) is 9.84 Å². The molecule has 3 aromatic rings. The van der Waals surface area contributed by atoms with Gasteiger partial charge in [-0.15, -0.1) is 0 Å². The Morgan fingerprint density at radius 2 is 1.77 bits per heavy atom. The highest BCUT2D eigenvalue weighted by Crippen LogP contribution is 2.32. The molecule has 134 valence electrons. The Balaban J connectivity index is 2.13. The Labute approximate surface area is 151 Å². The number of amides is 2. The predicted molar refractivity (Wildman–Crippen MR) is 97.4 cm³/mol. The van der Waals surface area contributed by atoms with Crippen LogP contribution in [0.1, 0.15) is 11.1 Å². The number of H-pyrrole nitrogens is 1. The first-order chi connectivity index (χ1) is 12.4. The second-order valence-electron chi connectivity index (χ2n) is 5.77. The van der Waals surface area contributed by atoms with Crippen LogP contribution in [0.15, 0.2) is 70.7 Å². The number of carbonyl (C=O) groups excluding carboxylic acids is 1. The first-order valence-electron chi connectivity index (χ1n) is 7.85. The highest BCUT2D eigenvalue weighted by Gasteiger charge is 2.27. The molecule has 0 aliphatic carbocycles. The average Bonchev–Trinajstić information content (AvgIpc) is 3.13. The first kappa shape index (κ1) is 17.7.